The number of aliphatic imine (C=N–C) groups is 1. The molecule has 18 heteroatoms. The normalized spacial score (nSPS) is 19.0. The quantitative estimate of drug-likeness (QED) is 0.107. The van der Waals surface area contributed by atoms with Gasteiger partial charge in [-0.2, -0.15) is 16.8 Å². The molecule has 55 heavy (non-hydrogen) atoms. The predicted molar refractivity (Wildman–Crippen MR) is 208 cm³/mol. The Labute approximate surface area is 320 Å². The molecule has 4 rings (SSSR count). The maximum Gasteiger partial charge on any atom is 0.266 e. The molecule has 1 unspecified atom stereocenters. The van der Waals surface area contributed by atoms with Crippen LogP contribution >= 0.6 is 0 Å². The first-order chi connectivity index (χ1) is 25.7. The third-order valence-electron chi connectivity index (χ3n) is 9.62. The summed E-state index contributed by atoms with van der Waals surface area (Å²) in [7, 11) is -8.53. The number of H-pyrrole nitrogens is 1. The van der Waals surface area contributed by atoms with Crippen LogP contribution in [0.3, 0.4) is 0 Å². The lowest BCUT2D eigenvalue weighted by molar-refractivity contribution is -0.121. The van der Waals surface area contributed by atoms with E-state index < -0.39 is 49.6 Å². The van der Waals surface area contributed by atoms with Gasteiger partial charge in [-0.3, -0.25) is 33.3 Å². The second-order valence-electron chi connectivity index (χ2n) is 13.3. The molecule has 0 saturated heterocycles. The summed E-state index contributed by atoms with van der Waals surface area (Å²) in [6.45, 7) is 14.2. The van der Waals surface area contributed by atoms with Crippen molar-refractivity contribution in [2.75, 3.05) is 24.6 Å². The molecule has 0 radical (unpaired) electrons. The van der Waals surface area contributed by atoms with Gasteiger partial charge >= 0.3 is 0 Å². The van der Waals surface area contributed by atoms with Crippen LogP contribution in [0.25, 0.3) is 6.08 Å². The minimum Gasteiger partial charge on any atom is -0.358 e. The minimum atomic E-state index is -4.26. The van der Waals surface area contributed by atoms with Crippen LogP contribution in [0, 0.1) is 6.92 Å². The van der Waals surface area contributed by atoms with Crippen LogP contribution < -0.4 is 21.3 Å². The Morgan fingerprint density at radius 1 is 0.782 bits per heavy atom. The molecule has 3 aliphatic rings. The molecule has 0 fully saturated rings. The predicted octanol–water partition coefficient (Wildman–Crippen LogP) is 2.22. The Kier molecular flexibility index (Phi) is 13.6. The monoisotopic (exact) mass is 798 g/mol. The Morgan fingerprint density at radius 2 is 1.35 bits per heavy atom. The van der Waals surface area contributed by atoms with Crippen LogP contribution in [-0.4, -0.2) is 90.9 Å². The van der Waals surface area contributed by atoms with Crippen LogP contribution in [0.5, 0.6) is 0 Å². The van der Waals surface area contributed by atoms with E-state index in [1.807, 2.05) is 13.8 Å². The van der Waals surface area contributed by atoms with E-state index in [1.165, 1.54) is 6.08 Å². The summed E-state index contributed by atoms with van der Waals surface area (Å²) in [5.41, 5.74) is 8.43. The highest BCUT2D eigenvalue weighted by Gasteiger charge is 2.30. The van der Waals surface area contributed by atoms with Crippen molar-refractivity contribution >= 4 is 55.7 Å². The summed E-state index contributed by atoms with van der Waals surface area (Å²) in [5.74, 6) is -2.68. The average Bonchev–Trinajstić information content (AvgIpc) is 3.73. The Morgan fingerprint density at radius 3 is 1.89 bits per heavy atom. The molecule has 0 bridgehead atoms. The zero-order valence-corrected chi connectivity index (χ0v) is 32.7. The molecule has 0 aliphatic carbocycles. The molecule has 296 valence electrons. The van der Waals surface area contributed by atoms with Crippen molar-refractivity contribution in [1.82, 2.24) is 26.3 Å². The first-order valence-corrected chi connectivity index (χ1v) is 20.6. The lowest BCUT2D eigenvalue weighted by Gasteiger charge is -2.15. The van der Waals surface area contributed by atoms with Gasteiger partial charge in [-0.1, -0.05) is 25.3 Å². The van der Waals surface area contributed by atoms with E-state index in [0.29, 0.717) is 50.8 Å². The third kappa shape index (κ3) is 11.0. The van der Waals surface area contributed by atoms with Crippen molar-refractivity contribution < 1.29 is 45.1 Å². The van der Waals surface area contributed by atoms with E-state index >= 15 is 0 Å². The zero-order chi connectivity index (χ0) is 40.8. The number of nitrogens with one attached hydrogen (secondary N) is 5. The number of allylic oxidation sites excluding steroid dienone is 4. The lowest BCUT2D eigenvalue weighted by Crippen LogP contribution is -2.29. The Bertz CT molecular complexity index is 2250. The van der Waals surface area contributed by atoms with Crippen molar-refractivity contribution in [3.63, 3.8) is 0 Å². The maximum atomic E-state index is 12.8. The van der Waals surface area contributed by atoms with Gasteiger partial charge in [0.25, 0.3) is 32.1 Å². The average molecular weight is 799 g/mol. The van der Waals surface area contributed by atoms with Crippen LogP contribution in [0.15, 0.2) is 81.2 Å². The summed E-state index contributed by atoms with van der Waals surface area (Å²) in [6.07, 6.45) is 7.31. The van der Waals surface area contributed by atoms with Crippen LogP contribution in [0.2, 0.25) is 0 Å². The summed E-state index contributed by atoms with van der Waals surface area (Å²) in [4.78, 5) is 59.0. The highest BCUT2D eigenvalue weighted by molar-refractivity contribution is 7.86. The fourth-order valence-electron chi connectivity index (χ4n) is 6.55. The molecule has 4 heterocycles. The number of hydrogen-bond donors (Lipinski definition) is 7. The number of amides is 4. The summed E-state index contributed by atoms with van der Waals surface area (Å²) in [6, 6.07) is -0.520. The van der Waals surface area contributed by atoms with E-state index in [1.54, 1.807) is 32.1 Å². The molecule has 3 aliphatic heterocycles. The van der Waals surface area contributed by atoms with Crippen molar-refractivity contribution in [2.24, 2.45) is 4.99 Å². The largest absolute Gasteiger partial charge is 0.358 e. The summed E-state index contributed by atoms with van der Waals surface area (Å²) < 4.78 is 62.6. The van der Waals surface area contributed by atoms with Gasteiger partial charge in [-0.05, 0) is 80.5 Å². The second-order valence-corrected chi connectivity index (χ2v) is 16.4. The van der Waals surface area contributed by atoms with Crippen LogP contribution in [0.4, 0.5) is 0 Å². The fraction of sp³-hybridized carbons (Fsp3) is 0.378. The van der Waals surface area contributed by atoms with Crippen LogP contribution in [0.1, 0.15) is 62.5 Å². The van der Waals surface area contributed by atoms with Gasteiger partial charge in [0, 0.05) is 66.2 Å². The van der Waals surface area contributed by atoms with Crippen molar-refractivity contribution in [1.29, 1.82) is 0 Å². The maximum absolute atomic E-state index is 12.8. The number of nitrogens with zero attached hydrogens (tertiary/aromatic N) is 1. The van der Waals surface area contributed by atoms with E-state index in [2.05, 4.69) is 39.4 Å². The second kappa shape index (κ2) is 17.5. The van der Waals surface area contributed by atoms with Crippen molar-refractivity contribution in [3.8, 4) is 0 Å². The third-order valence-corrected chi connectivity index (χ3v) is 11.1. The molecule has 16 nitrogen and oxygen atoms in total. The highest BCUT2D eigenvalue weighted by Crippen LogP contribution is 2.33. The van der Waals surface area contributed by atoms with Crippen molar-refractivity contribution in [3.05, 3.63) is 98.7 Å². The molecule has 7 N–H and O–H groups in total. The first kappa shape index (κ1) is 42.6. The number of rotatable bonds is 18. The summed E-state index contributed by atoms with van der Waals surface area (Å²) >= 11 is 0. The van der Waals surface area contributed by atoms with Crippen LogP contribution in [-0.2, 0) is 52.3 Å². The standard InChI is InChI=1S/C37H46N6O10S2/c1-7-24-23(6)36(46)43-31(24)18-29-22(5)27(10-12-35(45)39-14-16-55(51,52)53)33(41-29)19-32-26(9-11-34(44)38-13-15-54(48,49)50)21(4)28(40-32)17-30-20(3)25(8-2)37(47)42-30/h7-8,17-18,33,40H,1-2,9-16,19H2,3-6H3,(H,38,44)(H,39,45)(H,42,47)(H,43,46)(H,48,49,50)(H,51,52,53)/b30-17+,31-18-. The first-order valence-electron chi connectivity index (χ1n) is 17.4. The van der Waals surface area contributed by atoms with E-state index in [-0.39, 0.29) is 57.0 Å². The van der Waals surface area contributed by atoms with Crippen molar-refractivity contribution in [2.45, 2.75) is 65.8 Å². The molecule has 1 aromatic heterocycles. The van der Waals surface area contributed by atoms with Gasteiger partial charge in [-0.25, -0.2) is 0 Å². The molecular weight excluding hydrogens is 753 g/mol. The van der Waals surface area contributed by atoms with Gasteiger partial charge < -0.3 is 26.3 Å². The molecule has 0 saturated carbocycles. The SMILES string of the molecule is C=CC1=C(C)/C(=C\c2[nH]c(CC3N=C(/C=C4\NC(=O)C(C)=C4C=C)C(C)=C3CCC(=O)NCCS(=O)(=O)O)c(CCC(=O)NCCS(=O)(=O)O)c2C)NC1=O. The minimum absolute atomic E-state index is 0.0175. The van der Waals surface area contributed by atoms with Gasteiger partial charge in [0.15, 0.2) is 0 Å². The van der Waals surface area contributed by atoms with Gasteiger partial charge in [0.2, 0.25) is 11.8 Å². The summed E-state index contributed by atoms with van der Waals surface area (Å²) in [5, 5.41) is 10.7. The smallest absolute Gasteiger partial charge is 0.266 e. The van der Waals surface area contributed by atoms with Gasteiger partial charge in [0.1, 0.15) is 0 Å². The molecular formula is C37H46N6O10S2. The Balaban J connectivity index is 1.71. The molecule has 0 aromatic carbocycles. The Hall–Kier alpha value is -5.17. The topological polar surface area (TPSA) is 253 Å². The van der Waals surface area contributed by atoms with Gasteiger partial charge in [-0.15, -0.1) is 0 Å². The number of aromatic amines is 1. The van der Waals surface area contributed by atoms with Gasteiger partial charge in [0.05, 0.1) is 29.0 Å². The number of carbonyl (C=O) groups excluding carboxylic acids is 4. The highest BCUT2D eigenvalue weighted by atomic mass is 32.2. The zero-order valence-electron chi connectivity index (χ0n) is 31.1. The molecule has 4 amide bonds. The molecule has 1 aromatic rings. The number of aromatic nitrogens is 1. The number of hydrogen-bond acceptors (Lipinski definition) is 9. The molecule has 0 spiro atoms. The van der Waals surface area contributed by atoms with E-state index in [9.17, 15) is 36.0 Å². The number of carbonyl (C=O) groups is 4. The molecule has 1 atom stereocenters. The van der Waals surface area contributed by atoms with E-state index in [0.717, 1.165) is 22.3 Å². The van der Waals surface area contributed by atoms with E-state index in [4.69, 9.17) is 14.1 Å². The lowest BCUT2D eigenvalue weighted by atomic mass is 9.93. The fourth-order valence-corrected chi connectivity index (χ4v) is 7.27.